The van der Waals surface area contributed by atoms with E-state index < -0.39 is 0 Å². The Morgan fingerprint density at radius 1 is 1.00 bits per heavy atom. The van der Waals surface area contributed by atoms with Gasteiger partial charge in [0.25, 0.3) is 0 Å². The number of hydrogen-bond donors (Lipinski definition) is 0. The molecule has 0 aromatic carbocycles. The predicted molar refractivity (Wildman–Crippen MR) is 30.1 cm³/mol. The van der Waals surface area contributed by atoms with E-state index in [9.17, 15) is 0 Å². The van der Waals surface area contributed by atoms with E-state index in [0.717, 1.165) is 0 Å². The van der Waals surface area contributed by atoms with Crippen molar-refractivity contribution in [2.24, 2.45) is 0 Å². The zero-order valence-corrected chi connectivity index (χ0v) is 6.20. The van der Waals surface area contributed by atoms with Gasteiger partial charge < -0.3 is 0 Å². The van der Waals surface area contributed by atoms with Crippen molar-refractivity contribution in [1.82, 2.24) is 4.98 Å². The van der Waals surface area contributed by atoms with Gasteiger partial charge in [-0.3, -0.25) is 4.98 Å². The SMILES string of the molecule is [CH3][Pd].c1ccncc1. The van der Waals surface area contributed by atoms with E-state index in [1.165, 1.54) is 0 Å². The van der Waals surface area contributed by atoms with Crippen molar-refractivity contribution in [3.05, 3.63) is 30.6 Å². The number of nitrogens with zero attached hydrogens (tertiary/aromatic N) is 1. The van der Waals surface area contributed by atoms with Crippen molar-refractivity contribution in [3.8, 4) is 0 Å². The van der Waals surface area contributed by atoms with E-state index >= 15 is 0 Å². The zero-order chi connectivity index (χ0) is 6.24. The van der Waals surface area contributed by atoms with E-state index in [-0.39, 0.29) is 0 Å². The fraction of sp³-hybridized carbons (Fsp3) is 0.167. The topological polar surface area (TPSA) is 12.9 Å². The molecule has 0 saturated heterocycles. The number of aromatic nitrogens is 1. The molecule has 8 heavy (non-hydrogen) atoms. The smallest absolute Gasteiger partial charge is 0.0267 e. The van der Waals surface area contributed by atoms with Gasteiger partial charge in [-0.2, -0.15) is 0 Å². The molecule has 1 aromatic rings. The van der Waals surface area contributed by atoms with Crippen LogP contribution in [0, 0.1) is 0 Å². The summed E-state index contributed by atoms with van der Waals surface area (Å²) in [6.45, 7) is 0. The van der Waals surface area contributed by atoms with Crippen LogP contribution < -0.4 is 0 Å². The summed E-state index contributed by atoms with van der Waals surface area (Å²) >= 11 is 2.75. The quantitative estimate of drug-likeness (QED) is 0.581. The first kappa shape index (κ1) is 7.81. The Kier molecular flexibility index (Phi) is 6.65. The summed E-state index contributed by atoms with van der Waals surface area (Å²) in [6.07, 6.45) is 3.50. The van der Waals surface area contributed by atoms with Gasteiger partial charge in [-0.1, -0.05) is 6.07 Å². The molecule has 47 valence electrons. The summed E-state index contributed by atoms with van der Waals surface area (Å²) in [5.74, 6) is 0. The average molecular weight is 201 g/mol. The van der Waals surface area contributed by atoms with E-state index in [4.69, 9.17) is 0 Å². The van der Waals surface area contributed by atoms with Gasteiger partial charge in [-0.15, -0.1) is 0 Å². The van der Waals surface area contributed by atoms with Crippen molar-refractivity contribution in [2.75, 3.05) is 0 Å². The van der Waals surface area contributed by atoms with Gasteiger partial charge in [0.1, 0.15) is 0 Å². The van der Waals surface area contributed by atoms with Gasteiger partial charge >= 0.3 is 24.6 Å². The summed E-state index contributed by atoms with van der Waals surface area (Å²) in [4.78, 5) is 3.78. The normalized spacial score (nSPS) is 6.88. The Hall–Kier alpha value is -0.188. The Morgan fingerprint density at radius 2 is 1.50 bits per heavy atom. The Bertz CT molecular complexity index is 80.5. The van der Waals surface area contributed by atoms with Crippen LogP contribution in [0.2, 0.25) is 5.40 Å². The van der Waals surface area contributed by atoms with Gasteiger partial charge in [-0.25, -0.2) is 0 Å². The first-order chi connectivity index (χ1) is 4.00. The molecule has 0 aliphatic carbocycles. The van der Waals surface area contributed by atoms with Gasteiger partial charge in [0.2, 0.25) is 0 Å². The van der Waals surface area contributed by atoms with Gasteiger partial charge in [0, 0.05) is 12.4 Å². The minimum atomic E-state index is 1.75. The third kappa shape index (κ3) is 3.98. The van der Waals surface area contributed by atoms with Crippen LogP contribution in [-0.4, -0.2) is 4.98 Å². The van der Waals surface area contributed by atoms with Crippen molar-refractivity contribution in [2.45, 2.75) is 5.40 Å². The molecule has 0 fully saturated rings. The fourth-order valence-corrected chi connectivity index (χ4v) is 0.313. The molecular formula is C6H8NPd. The van der Waals surface area contributed by atoms with E-state index in [2.05, 4.69) is 24.2 Å². The third-order valence-electron chi connectivity index (χ3n) is 0.566. The van der Waals surface area contributed by atoms with Gasteiger partial charge in [0.05, 0.1) is 0 Å². The van der Waals surface area contributed by atoms with Crippen LogP contribution in [0.15, 0.2) is 30.6 Å². The molecule has 0 bridgehead atoms. The molecule has 0 aliphatic heterocycles. The maximum atomic E-state index is 3.78. The van der Waals surface area contributed by atoms with Crippen LogP contribution in [0.1, 0.15) is 0 Å². The second kappa shape index (κ2) is 6.81. The Balaban J connectivity index is 0.000000222. The molecule has 0 saturated carbocycles. The third-order valence-corrected chi connectivity index (χ3v) is 0.566. The summed E-state index contributed by atoms with van der Waals surface area (Å²) in [5.41, 5.74) is 0. The minimum absolute atomic E-state index is 1.75. The summed E-state index contributed by atoms with van der Waals surface area (Å²) < 4.78 is 0. The molecule has 0 atom stereocenters. The molecule has 0 aliphatic rings. The zero-order valence-electron chi connectivity index (χ0n) is 4.65. The Labute approximate surface area is 60.5 Å². The maximum absolute atomic E-state index is 3.78. The summed E-state index contributed by atoms with van der Waals surface area (Å²) in [5, 5.41) is 1.85. The van der Waals surface area contributed by atoms with Crippen LogP contribution in [-0.2, 0) is 19.2 Å². The number of rotatable bonds is 0. The maximum Gasteiger partial charge on any atom is 0.0267 e. The molecule has 0 N–H and O–H groups in total. The molecule has 0 spiro atoms. The molecule has 1 rings (SSSR count). The molecule has 2 heteroatoms. The molecule has 0 radical (unpaired) electrons. The first-order valence-corrected chi connectivity index (χ1v) is 3.72. The Morgan fingerprint density at radius 3 is 1.62 bits per heavy atom. The van der Waals surface area contributed by atoms with Gasteiger partial charge in [0.15, 0.2) is 0 Å². The minimum Gasteiger partial charge on any atom is -0.265 e. The first-order valence-electron chi connectivity index (χ1n) is 2.17. The largest absolute Gasteiger partial charge is 0.265 e. The number of pyridine rings is 1. The number of hydrogen-bond acceptors (Lipinski definition) is 1. The molecule has 0 amide bonds. The van der Waals surface area contributed by atoms with Crippen LogP contribution in [0.3, 0.4) is 0 Å². The van der Waals surface area contributed by atoms with E-state index in [0.29, 0.717) is 0 Å². The molecule has 1 nitrogen and oxygen atoms in total. The van der Waals surface area contributed by atoms with Crippen molar-refractivity contribution < 1.29 is 19.2 Å². The standard InChI is InChI=1S/C5H5N.CH3.Pd/c1-2-4-6-5-3-1;;/h1-5H;1H3;. The van der Waals surface area contributed by atoms with Gasteiger partial charge in [-0.05, 0) is 12.1 Å². The second-order valence-corrected chi connectivity index (χ2v) is 1.02. The summed E-state index contributed by atoms with van der Waals surface area (Å²) in [7, 11) is 0. The average Bonchev–Trinajstić information content (AvgIpc) is 1.96. The van der Waals surface area contributed by atoms with Crippen molar-refractivity contribution in [1.29, 1.82) is 0 Å². The van der Waals surface area contributed by atoms with Crippen LogP contribution in [0.25, 0.3) is 0 Å². The van der Waals surface area contributed by atoms with Crippen molar-refractivity contribution >= 4 is 0 Å². The van der Waals surface area contributed by atoms with Crippen LogP contribution >= 0.6 is 0 Å². The molecular weight excluding hydrogens is 192 g/mol. The van der Waals surface area contributed by atoms with Crippen LogP contribution in [0.4, 0.5) is 0 Å². The summed E-state index contributed by atoms with van der Waals surface area (Å²) in [6, 6.07) is 5.72. The second-order valence-electron chi connectivity index (χ2n) is 1.02. The monoisotopic (exact) mass is 200 g/mol. The predicted octanol–water partition coefficient (Wildman–Crippen LogP) is 1.66. The fourth-order valence-electron chi connectivity index (χ4n) is 0.313. The van der Waals surface area contributed by atoms with Crippen LogP contribution in [0.5, 0.6) is 0 Å². The molecule has 1 aromatic heterocycles. The molecule has 1 heterocycles. The van der Waals surface area contributed by atoms with E-state index in [1.54, 1.807) is 12.4 Å². The molecule has 0 unspecified atom stereocenters. The van der Waals surface area contributed by atoms with E-state index in [1.807, 2.05) is 23.6 Å². The van der Waals surface area contributed by atoms with Crippen molar-refractivity contribution in [3.63, 3.8) is 0 Å².